The average molecular weight is 363 g/mol. The van der Waals surface area contributed by atoms with Crippen LogP contribution >= 0.6 is 11.8 Å². The summed E-state index contributed by atoms with van der Waals surface area (Å²) in [7, 11) is 0. The molecule has 0 aliphatic carbocycles. The van der Waals surface area contributed by atoms with Gasteiger partial charge in [0.05, 0.1) is 11.3 Å². The fourth-order valence-corrected chi connectivity index (χ4v) is 2.76. The number of nitrogens with one attached hydrogen (secondary N) is 1. The summed E-state index contributed by atoms with van der Waals surface area (Å²) in [5, 5.41) is 6.43. The predicted molar refractivity (Wildman–Crippen MR) is 93.2 cm³/mol. The van der Waals surface area contributed by atoms with Crippen LogP contribution in [0.25, 0.3) is 0 Å². The highest BCUT2D eigenvalue weighted by molar-refractivity contribution is 7.98. The zero-order valence-corrected chi connectivity index (χ0v) is 15.3. The van der Waals surface area contributed by atoms with Gasteiger partial charge in [0, 0.05) is 11.4 Å². The number of esters is 1. The molecule has 0 aliphatic heterocycles. The number of aromatic nitrogens is 2. The van der Waals surface area contributed by atoms with E-state index < -0.39 is 5.97 Å². The lowest BCUT2D eigenvalue weighted by Crippen LogP contribution is -2.31. The van der Waals surface area contributed by atoms with E-state index in [2.05, 4.69) is 15.5 Å². The second-order valence-corrected chi connectivity index (χ2v) is 6.81. The molecule has 0 bridgehead atoms. The van der Waals surface area contributed by atoms with Crippen molar-refractivity contribution in [2.75, 3.05) is 13.2 Å². The molecule has 8 heteroatoms. The minimum absolute atomic E-state index is 0.298. The predicted octanol–water partition coefficient (Wildman–Crippen LogP) is 2.60. The maximum Gasteiger partial charge on any atom is 0.339 e. The van der Waals surface area contributed by atoms with E-state index in [1.165, 1.54) is 11.8 Å². The molecule has 2 rings (SSSR count). The molecule has 1 amide bonds. The van der Waals surface area contributed by atoms with Gasteiger partial charge in [0.25, 0.3) is 5.91 Å². The smallest absolute Gasteiger partial charge is 0.339 e. The quantitative estimate of drug-likeness (QED) is 0.569. The maximum atomic E-state index is 12.3. The van der Waals surface area contributed by atoms with Gasteiger partial charge in [-0.05, 0) is 25.0 Å². The van der Waals surface area contributed by atoms with Crippen LogP contribution in [0.5, 0.6) is 0 Å². The van der Waals surface area contributed by atoms with Crippen LogP contribution in [0.4, 0.5) is 0 Å². The first-order chi connectivity index (χ1) is 12.0. The number of carbonyl (C=O) groups is 2. The Morgan fingerprint density at radius 3 is 2.76 bits per heavy atom. The standard InChI is InChI=1S/C17H21N3O4S/c1-11(2)8-18-15(21)9-23-17(22)13-6-4-5-7-14(13)25-10-16-19-12(3)20-24-16/h4-7,11H,8-10H2,1-3H3,(H,18,21). The van der Waals surface area contributed by atoms with Crippen LogP contribution in [0, 0.1) is 12.8 Å². The first kappa shape index (κ1) is 19.0. The van der Waals surface area contributed by atoms with E-state index in [1.54, 1.807) is 19.1 Å². The number of hydrogen-bond donors (Lipinski definition) is 1. The lowest BCUT2D eigenvalue weighted by Gasteiger charge is -2.10. The van der Waals surface area contributed by atoms with Crippen LogP contribution in [0.2, 0.25) is 0 Å². The Balaban J connectivity index is 1.92. The molecule has 7 nitrogen and oxygen atoms in total. The number of rotatable bonds is 8. The third-order valence-electron chi connectivity index (χ3n) is 3.07. The van der Waals surface area contributed by atoms with Crippen LogP contribution < -0.4 is 5.32 Å². The van der Waals surface area contributed by atoms with Gasteiger partial charge < -0.3 is 14.6 Å². The zero-order valence-electron chi connectivity index (χ0n) is 14.4. The Morgan fingerprint density at radius 1 is 1.32 bits per heavy atom. The molecular formula is C17H21N3O4S. The Hall–Kier alpha value is -2.35. The minimum atomic E-state index is -0.537. The fourth-order valence-electron chi connectivity index (χ4n) is 1.88. The average Bonchev–Trinajstić information content (AvgIpc) is 3.01. The van der Waals surface area contributed by atoms with Gasteiger partial charge in [-0.15, -0.1) is 11.8 Å². The van der Waals surface area contributed by atoms with Crippen LogP contribution in [-0.4, -0.2) is 35.2 Å². The van der Waals surface area contributed by atoms with E-state index in [4.69, 9.17) is 9.26 Å². The third-order valence-corrected chi connectivity index (χ3v) is 4.13. The Kier molecular flexibility index (Phi) is 7.00. The Bertz CT molecular complexity index is 730. The summed E-state index contributed by atoms with van der Waals surface area (Å²) in [5.74, 6) is 0.984. The fraction of sp³-hybridized carbons (Fsp3) is 0.412. The summed E-state index contributed by atoms with van der Waals surface area (Å²) >= 11 is 1.39. The number of carbonyl (C=O) groups excluding carboxylic acids is 2. The Morgan fingerprint density at radius 2 is 2.08 bits per heavy atom. The van der Waals surface area contributed by atoms with Crippen molar-refractivity contribution in [3.63, 3.8) is 0 Å². The highest BCUT2D eigenvalue weighted by Gasteiger charge is 2.15. The first-order valence-electron chi connectivity index (χ1n) is 7.90. The summed E-state index contributed by atoms with van der Waals surface area (Å²) in [6.45, 7) is 5.97. The van der Waals surface area contributed by atoms with Crippen LogP contribution in [0.15, 0.2) is 33.7 Å². The van der Waals surface area contributed by atoms with Crippen molar-refractivity contribution in [2.45, 2.75) is 31.4 Å². The molecule has 1 heterocycles. The third kappa shape index (κ3) is 6.22. The van der Waals surface area contributed by atoms with E-state index in [0.29, 0.717) is 35.5 Å². The van der Waals surface area contributed by atoms with E-state index in [0.717, 1.165) is 4.90 Å². The molecule has 0 saturated heterocycles. The van der Waals surface area contributed by atoms with Crippen molar-refractivity contribution < 1.29 is 18.8 Å². The number of ether oxygens (including phenoxy) is 1. The SMILES string of the molecule is Cc1noc(CSc2ccccc2C(=O)OCC(=O)NCC(C)C)n1. The van der Waals surface area contributed by atoms with Crippen molar-refractivity contribution in [3.8, 4) is 0 Å². The van der Waals surface area contributed by atoms with Crippen molar-refractivity contribution in [2.24, 2.45) is 5.92 Å². The largest absolute Gasteiger partial charge is 0.452 e. The molecular weight excluding hydrogens is 342 g/mol. The maximum absolute atomic E-state index is 12.3. The topological polar surface area (TPSA) is 94.3 Å². The highest BCUT2D eigenvalue weighted by atomic mass is 32.2. The monoisotopic (exact) mass is 363 g/mol. The molecule has 0 spiro atoms. The van der Waals surface area contributed by atoms with Crippen molar-refractivity contribution in [1.82, 2.24) is 15.5 Å². The highest BCUT2D eigenvalue weighted by Crippen LogP contribution is 2.26. The van der Waals surface area contributed by atoms with Crippen molar-refractivity contribution >= 4 is 23.6 Å². The van der Waals surface area contributed by atoms with Gasteiger partial charge in [0.1, 0.15) is 0 Å². The van der Waals surface area contributed by atoms with Crippen molar-refractivity contribution in [1.29, 1.82) is 0 Å². The molecule has 1 aromatic heterocycles. The summed E-state index contributed by atoms with van der Waals surface area (Å²) in [6.07, 6.45) is 0. The lowest BCUT2D eigenvalue weighted by atomic mass is 10.2. The molecule has 0 aliphatic rings. The molecule has 1 aromatic carbocycles. The number of aryl methyl sites for hydroxylation is 1. The van der Waals surface area contributed by atoms with Crippen molar-refractivity contribution in [3.05, 3.63) is 41.5 Å². The number of thioether (sulfide) groups is 1. The molecule has 0 saturated carbocycles. The van der Waals surface area contributed by atoms with Gasteiger partial charge in [-0.2, -0.15) is 4.98 Å². The summed E-state index contributed by atoms with van der Waals surface area (Å²) in [6, 6.07) is 7.04. The van der Waals surface area contributed by atoms with E-state index in [9.17, 15) is 9.59 Å². The van der Waals surface area contributed by atoms with E-state index in [-0.39, 0.29) is 12.5 Å². The Labute approximate surface area is 150 Å². The van der Waals surface area contributed by atoms with Gasteiger partial charge in [-0.25, -0.2) is 4.79 Å². The second-order valence-electron chi connectivity index (χ2n) is 5.79. The molecule has 0 atom stereocenters. The molecule has 25 heavy (non-hydrogen) atoms. The van der Waals surface area contributed by atoms with Gasteiger partial charge in [0.2, 0.25) is 5.89 Å². The molecule has 2 aromatic rings. The number of amides is 1. The molecule has 134 valence electrons. The van der Waals surface area contributed by atoms with Gasteiger partial charge >= 0.3 is 5.97 Å². The van der Waals surface area contributed by atoms with Crippen LogP contribution in [-0.2, 0) is 15.3 Å². The summed E-state index contributed by atoms with van der Waals surface area (Å²) < 4.78 is 10.2. The zero-order chi connectivity index (χ0) is 18.2. The van der Waals surface area contributed by atoms with Crippen LogP contribution in [0.1, 0.15) is 35.9 Å². The molecule has 1 N–H and O–H groups in total. The molecule has 0 radical (unpaired) electrons. The van der Waals surface area contributed by atoms with E-state index >= 15 is 0 Å². The number of benzene rings is 1. The lowest BCUT2D eigenvalue weighted by molar-refractivity contribution is -0.124. The minimum Gasteiger partial charge on any atom is -0.452 e. The second kappa shape index (κ2) is 9.22. The number of nitrogens with zero attached hydrogens (tertiary/aromatic N) is 2. The summed E-state index contributed by atoms with van der Waals surface area (Å²) in [5.41, 5.74) is 0.403. The van der Waals surface area contributed by atoms with Crippen LogP contribution in [0.3, 0.4) is 0 Å². The van der Waals surface area contributed by atoms with Gasteiger partial charge in [0.15, 0.2) is 12.4 Å². The molecule has 0 fully saturated rings. The van der Waals surface area contributed by atoms with E-state index in [1.807, 2.05) is 26.0 Å². The number of hydrogen-bond acceptors (Lipinski definition) is 7. The van der Waals surface area contributed by atoms with Gasteiger partial charge in [-0.1, -0.05) is 31.1 Å². The molecule has 0 unspecified atom stereocenters. The van der Waals surface area contributed by atoms with Gasteiger partial charge in [-0.3, -0.25) is 4.79 Å². The summed E-state index contributed by atoms with van der Waals surface area (Å²) in [4.78, 5) is 28.8. The normalized spacial score (nSPS) is 10.7. The first-order valence-corrected chi connectivity index (χ1v) is 8.89.